The van der Waals surface area contributed by atoms with E-state index in [4.69, 9.17) is 5.73 Å². The number of nitrogens with two attached hydrogens (primary N) is 1. The highest BCUT2D eigenvalue weighted by Gasteiger charge is 2.35. The average molecular weight is 276 g/mol. The van der Waals surface area contributed by atoms with Crippen molar-refractivity contribution in [3.8, 4) is 5.75 Å². The number of phenolic OH excluding ortho intramolecular Hbond substituents is 1. The monoisotopic (exact) mass is 276 g/mol. The number of carbonyl (C=O) groups excluding carboxylic acids is 1. The Labute approximate surface area is 120 Å². The molecule has 2 unspecified atom stereocenters. The zero-order valence-corrected chi connectivity index (χ0v) is 12.3. The fourth-order valence-electron chi connectivity index (χ4n) is 3.16. The predicted molar refractivity (Wildman–Crippen MR) is 79.7 cm³/mol. The van der Waals surface area contributed by atoms with Gasteiger partial charge in [-0.3, -0.25) is 4.79 Å². The van der Waals surface area contributed by atoms with Crippen molar-refractivity contribution in [2.24, 2.45) is 11.7 Å². The molecular formula is C16H24N2O2. The second-order valence-electron chi connectivity index (χ2n) is 6.11. The van der Waals surface area contributed by atoms with Gasteiger partial charge in [0.1, 0.15) is 5.75 Å². The summed E-state index contributed by atoms with van der Waals surface area (Å²) in [5.74, 6) is 0.394. The first kappa shape index (κ1) is 14.9. The minimum atomic E-state index is -0.328. The molecule has 2 rings (SSSR count). The minimum Gasteiger partial charge on any atom is -0.507 e. The van der Waals surface area contributed by atoms with Gasteiger partial charge in [-0.05, 0) is 37.3 Å². The van der Waals surface area contributed by atoms with Crippen LogP contribution in [-0.4, -0.2) is 23.1 Å². The molecule has 4 heteroatoms. The number of hydrogen-bond acceptors (Lipinski definition) is 3. The molecule has 0 aromatic heterocycles. The van der Waals surface area contributed by atoms with E-state index in [0.717, 1.165) is 19.3 Å². The summed E-state index contributed by atoms with van der Waals surface area (Å²) in [6.07, 6.45) is 4.08. The highest BCUT2D eigenvalue weighted by molar-refractivity contribution is 5.97. The largest absolute Gasteiger partial charge is 0.507 e. The van der Waals surface area contributed by atoms with Gasteiger partial charge in [-0.1, -0.05) is 31.9 Å². The van der Waals surface area contributed by atoms with Crippen LogP contribution in [0.1, 0.15) is 48.5 Å². The summed E-state index contributed by atoms with van der Waals surface area (Å²) in [6.45, 7) is 4.42. The van der Waals surface area contributed by atoms with Gasteiger partial charge in [0.25, 0.3) is 5.91 Å². The van der Waals surface area contributed by atoms with Crippen molar-refractivity contribution in [1.82, 2.24) is 5.32 Å². The van der Waals surface area contributed by atoms with Crippen LogP contribution in [0, 0.1) is 12.8 Å². The lowest BCUT2D eigenvalue weighted by atomic mass is 9.76. The molecule has 2 atom stereocenters. The summed E-state index contributed by atoms with van der Waals surface area (Å²) < 4.78 is 0. The fourth-order valence-corrected chi connectivity index (χ4v) is 3.16. The van der Waals surface area contributed by atoms with Gasteiger partial charge in [0.05, 0.1) is 11.1 Å². The third-order valence-corrected chi connectivity index (χ3v) is 4.34. The first-order valence-electron chi connectivity index (χ1n) is 7.28. The Morgan fingerprint density at radius 1 is 1.55 bits per heavy atom. The van der Waals surface area contributed by atoms with E-state index in [9.17, 15) is 9.90 Å². The lowest BCUT2D eigenvalue weighted by Gasteiger charge is -2.40. The number of aryl methyl sites for hydroxylation is 1. The Kier molecular flexibility index (Phi) is 4.33. The smallest absolute Gasteiger partial charge is 0.255 e. The van der Waals surface area contributed by atoms with Crippen LogP contribution in [0.5, 0.6) is 5.75 Å². The zero-order chi connectivity index (χ0) is 14.8. The van der Waals surface area contributed by atoms with Crippen molar-refractivity contribution in [1.29, 1.82) is 0 Å². The number of para-hydroxylation sites is 1. The first-order chi connectivity index (χ1) is 9.47. The van der Waals surface area contributed by atoms with E-state index < -0.39 is 0 Å². The molecule has 0 spiro atoms. The molecule has 110 valence electrons. The number of amides is 1. The molecule has 1 saturated carbocycles. The van der Waals surface area contributed by atoms with Crippen LogP contribution in [-0.2, 0) is 0 Å². The molecule has 0 bridgehead atoms. The normalized spacial score (nSPS) is 26.2. The molecule has 1 aromatic carbocycles. The van der Waals surface area contributed by atoms with E-state index in [-0.39, 0.29) is 17.2 Å². The van der Waals surface area contributed by atoms with Crippen LogP contribution in [0.25, 0.3) is 0 Å². The van der Waals surface area contributed by atoms with Gasteiger partial charge in [0.15, 0.2) is 0 Å². The van der Waals surface area contributed by atoms with Crippen LogP contribution in [0.4, 0.5) is 0 Å². The van der Waals surface area contributed by atoms with Crippen LogP contribution < -0.4 is 11.1 Å². The standard InChI is InChI=1S/C16H24N2O2/c1-11-5-4-8-16(9-11,10-17)18-15(20)13-7-3-6-12(2)14(13)19/h3,6-7,11,19H,4-5,8-10,17H2,1-2H3,(H,18,20). The molecule has 0 heterocycles. The molecule has 20 heavy (non-hydrogen) atoms. The van der Waals surface area contributed by atoms with Gasteiger partial charge in [0, 0.05) is 6.54 Å². The minimum absolute atomic E-state index is 0.0565. The maximum Gasteiger partial charge on any atom is 0.255 e. The number of phenols is 1. The molecule has 1 amide bonds. The fraction of sp³-hybridized carbons (Fsp3) is 0.562. The number of nitrogens with one attached hydrogen (secondary N) is 1. The molecule has 1 aliphatic carbocycles. The van der Waals surface area contributed by atoms with E-state index in [1.165, 1.54) is 6.42 Å². The maximum absolute atomic E-state index is 12.4. The van der Waals surface area contributed by atoms with Crippen LogP contribution in [0.15, 0.2) is 18.2 Å². The molecular weight excluding hydrogens is 252 g/mol. The van der Waals surface area contributed by atoms with Gasteiger partial charge < -0.3 is 16.2 Å². The highest BCUT2D eigenvalue weighted by atomic mass is 16.3. The Morgan fingerprint density at radius 2 is 2.30 bits per heavy atom. The van der Waals surface area contributed by atoms with E-state index in [0.29, 0.717) is 23.6 Å². The molecule has 0 radical (unpaired) electrons. The Hall–Kier alpha value is -1.55. The lowest BCUT2D eigenvalue weighted by molar-refractivity contribution is 0.0851. The second-order valence-corrected chi connectivity index (χ2v) is 6.11. The first-order valence-corrected chi connectivity index (χ1v) is 7.28. The summed E-state index contributed by atoms with van der Waals surface area (Å²) in [5.41, 5.74) is 6.62. The Bertz CT molecular complexity index is 501. The lowest BCUT2D eigenvalue weighted by Crippen LogP contribution is -2.56. The summed E-state index contributed by atoms with van der Waals surface area (Å²) in [6, 6.07) is 5.21. The molecule has 0 aliphatic heterocycles. The van der Waals surface area contributed by atoms with Crippen molar-refractivity contribution < 1.29 is 9.90 Å². The second kappa shape index (κ2) is 5.83. The number of carbonyl (C=O) groups is 1. The van der Waals surface area contributed by atoms with Crippen LogP contribution in [0.2, 0.25) is 0 Å². The average Bonchev–Trinajstić information content (AvgIpc) is 2.41. The SMILES string of the molecule is Cc1cccc(C(=O)NC2(CN)CCCC(C)C2)c1O. The van der Waals surface area contributed by atoms with E-state index >= 15 is 0 Å². The zero-order valence-electron chi connectivity index (χ0n) is 12.3. The van der Waals surface area contributed by atoms with Crippen molar-refractivity contribution in [2.45, 2.75) is 45.1 Å². The van der Waals surface area contributed by atoms with E-state index in [2.05, 4.69) is 12.2 Å². The predicted octanol–water partition coefficient (Wildman–Crippen LogP) is 2.34. The molecule has 1 fully saturated rings. The quantitative estimate of drug-likeness (QED) is 0.793. The topological polar surface area (TPSA) is 75.4 Å². The summed E-state index contributed by atoms with van der Waals surface area (Å²) in [4.78, 5) is 12.4. The third-order valence-electron chi connectivity index (χ3n) is 4.34. The van der Waals surface area contributed by atoms with Gasteiger partial charge in [0.2, 0.25) is 0 Å². The van der Waals surface area contributed by atoms with Crippen molar-refractivity contribution in [3.05, 3.63) is 29.3 Å². The number of aromatic hydroxyl groups is 1. The van der Waals surface area contributed by atoms with Gasteiger partial charge in [-0.25, -0.2) is 0 Å². The summed E-state index contributed by atoms with van der Waals surface area (Å²) in [7, 11) is 0. The molecule has 1 aromatic rings. The van der Waals surface area contributed by atoms with E-state index in [1.807, 2.05) is 0 Å². The Balaban J connectivity index is 2.19. The Morgan fingerprint density at radius 3 is 2.95 bits per heavy atom. The molecule has 1 aliphatic rings. The number of benzene rings is 1. The summed E-state index contributed by atoms with van der Waals surface area (Å²) >= 11 is 0. The molecule has 0 saturated heterocycles. The molecule has 4 N–H and O–H groups in total. The third kappa shape index (κ3) is 2.96. The number of hydrogen-bond donors (Lipinski definition) is 3. The van der Waals surface area contributed by atoms with Gasteiger partial charge in [-0.2, -0.15) is 0 Å². The van der Waals surface area contributed by atoms with Crippen molar-refractivity contribution in [2.75, 3.05) is 6.54 Å². The van der Waals surface area contributed by atoms with Gasteiger partial charge >= 0.3 is 0 Å². The number of rotatable bonds is 3. The van der Waals surface area contributed by atoms with Crippen LogP contribution in [0.3, 0.4) is 0 Å². The van der Waals surface area contributed by atoms with E-state index in [1.54, 1.807) is 25.1 Å². The van der Waals surface area contributed by atoms with Crippen molar-refractivity contribution >= 4 is 5.91 Å². The molecule has 4 nitrogen and oxygen atoms in total. The van der Waals surface area contributed by atoms with Crippen LogP contribution >= 0.6 is 0 Å². The summed E-state index contributed by atoms with van der Waals surface area (Å²) in [5, 5.41) is 13.1. The van der Waals surface area contributed by atoms with Gasteiger partial charge in [-0.15, -0.1) is 0 Å². The van der Waals surface area contributed by atoms with Crippen molar-refractivity contribution in [3.63, 3.8) is 0 Å². The maximum atomic E-state index is 12.4. The highest BCUT2D eigenvalue weighted by Crippen LogP contribution is 2.32.